The summed E-state index contributed by atoms with van der Waals surface area (Å²) >= 11 is 0. The molecule has 154 valence electrons. The van der Waals surface area contributed by atoms with Crippen LogP contribution in [-0.2, 0) is 14.4 Å². The second-order valence-electron chi connectivity index (χ2n) is 6.93. The van der Waals surface area contributed by atoms with Crippen LogP contribution in [0.25, 0.3) is 0 Å². The Morgan fingerprint density at radius 2 is 1.42 bits per heavy atom. The fraction of sp³-hybridized carbons (Fsp3) is 0.857. The molecule has 0 amide bonds. The Bertz CT molecular complexity index is 326. The first-order valence-electron chi connectivity index (χ1n) is 10.5. The van der Waals surface area contributed by atoms with Gasteiger partial charge in [0.25, 0.3) is 0 Å². The maximum atomic E-state index is 11.5. The Balaban J connectivity index is 3.28. The van der Waals surface area contributed by atoms with E-state index < -0.39 is 6.10 Å². The van der Waals surface area contributed by atoms with Crippen molar-refractivity contribution in [3.05, 3.63) is 12.2 Å². The van der Waals surface area contributed by atoms with Gasteiger partial charge in [-0.2, -0.15) is 0 Å². The number of hydrogen-bond acceptors (Lipinski definition) is 5. The molecule has 0 aromatic rings. The zero-order valence-electron chi connectivity index (χ0n) is 16.7. The molecule has 0 saturated heterocycles. The Labute approximate surface area is 159 Å². The molecular formula is C21H40O5. The maximum Gasteiger partial charge on any atom is 0.305 e. The Hall–Kier alpha value is -0.910. The van der Waals surface area contributed by atoms with Crippen LogP contribution >= 0.6 is 0 Å². The van der Waals surface area contributed by atoms with Gasteiger partial charge in [0.05, 0.1) is 6.61 Å². The van der Waals surface area contributed by atoms with E-state index in [0.717, 1.165) is 25.7 Å². The molecule has 0 rings (SSSR count). The van der Waals surface area contributed by atoms with E-state index in [9.17, 15) is 4.79 Å². The normalized spacial score (nSPS) is 12.6. The van der Waals surface area contributed by atoms with E-state index in [1.54, 1.807) is 0 Å². The van der Waals surface area contributed by atoms with Crippen molar-refractivity contribution in [2.45, 2.75) is 103 Å². The zero-order valence-corrected chi connectivity index (χ0v) is 16.7. The fourth-order valence-corrected chi connectivity index (χ4v) is 2.71. The molecule has 5 nitrogen and oxygen atoms in total. The van der Waals surface area contributed by atoms with E-state index in [-0.39, 0.29) is 19.2 Å². The highest BCUT2D eigenvalue weighted by molar-refractivity contribution is 5.69. The van der Waals surface area contributed by atoms with Gasteiger partial charge in [0.1, 0.15) is 12.7 Å². The minimum Gasteiger partial charge on any atom is -0.463 e. The third-order valence-corrected chi connectivity index (χ3v) is 4.43. The largest absolute Gasteiger partial charge is 0.463 e. The number of ether oxygens (including phenoxy) is 1. The molecule has 0 aromatic carbocycles. The topological polar surface area (TPSA) is 76.0 Å². The van der Waals surface area contributed by atoms with Crippen molar-refractivity contribution in [2.75, 3.05) is 13.2 Å². The van der Waals surface area contributed by atoms with Crippen LogP contribution in [0, 0.1) is 0 Å². The number of unbranched alkanes of at least 4 members (excludes halogenated alkanes) is 11. The summed E-state index contributed by atoms with van der Waals surface area (Å²) in [6, 6.07) is 0. The van der Waals surface area contributed by atoms with Crippen molar-refractivity contribution in [1.82, 2.24) is 0 Å². The molecule has 0 aliphatic rings. The predicted molar refractivity (Wildman–Crippen MR) is 105 cm³/mol. The quantitative estimate of drug-likeness (QED) is 0.104. The average molecular weight is 373 g/mol. The highest BCUT2D eigenvalue weighted by Gasteiger charge is 2.10. The molecule has 0 saturated carbocycles. The summed E-state index contributed by atoms with van der Waals surface area (Å²) in [5, 5.41) is 17.2. The number of hydrogen-bond donors (Lipinski definition) is 2. The van der Waals surface area contributed by atoms with E-state index in [1.165, 1.54) is 57.8 Å². The maximum absolute atomic E-state index is 11.5. The predicted octanol–water partition coefficient (Wildman–Crippen LogP) is 5.42. The van der Waals surface area contributed by atoms with Gasteiger partial charge in [-0.1, -0.05) is 70.4 Å². The molecule has 0 aromatic heterocycles. The highest BCUT2D eigenvalue weighted by atomic mass is 17.1. The summed E-state index contributed by atoms with van der Waals surface area (Å²) in [5.74, 6) is -0.307. The van der Waals surface area contributed by atoms with Crippen molar-refractivity contribution in [3.63, 3.8) is 0 Å². The van der Waals surface area contributed by atoms with Gasteiger partial charge in [0.15, 0.2) is 0 Å². The van der Waals surface area contributed by atoms with Crippen molar-refractivity contribution in [2.24, 2.45) is 0 Å². The van der Waals surface area contributed by atoms with Crippen molar-refractivity contribution >= 4 is 5.97 Å². The molecular weight excluding hydrogens is 332 g/mol. The van der Waals surface area contributed by atoms with Crippen molar-refractivity contribution < 1.29 is 24.8 Å². The van der Waals surface area contributed by atoms with Crippen LogP contribution in [0.4, 0.5) is 0 Å². The Kier molecular flexibility index (Phi) is 19.7. The number of carbonyl (C=O) groups excluding carboxylic acids is 1. The number of carbonyl (C=O) groups is 1. The minimum atomic E-state index is -0.854. The second kappa shape index (κ2) is 20.4. The SMILES string of the molecule is CCCCCCCC/C=C\CCCCCCCC(=O)OCC(CO)OO. The lowest BCUT2D eigenvalue weighted by Crippen LogP contribution is -2.24. The molecule has 0 spiro atoms. The zero-order chi connectivity index (χ0) is 19.3. The summed E-state index contributed by atoms with van der Waals surface area (Å²) < 4.78 is 4.91. The smallest absolute Gasteiger partial charge is 0.305 e. The van der Waals surface area contributed by atoms with E-state index in [4.69, 9.17) is 15.1 Å². The fourth-order valence-electron chi connectivity index (χ4n) is 2.71. The van der Waals surface area contributed by atoms with Crippen LogP contribution < -0.4 is 0 Å². The molecule has 0 aliphatic heterocycles. The summed E-state index contributed by atoms with van der Waals surface area (Å²) in [6.45, 7) is 1.76. The van der Waals surface area contributed by atoms with Crippen LogP contribution in [0.3, 0.4) is 0 Å². The molecule has 0 fully saturated rings. The van der Waals surface area contributed by atoms with Gasteiger partial charge in [-0.25, -0.2) is 4.89 Å². The lowest BCUT2D eigenvalue weighted by molar-refractivity contribution is -0.291. The number of rotatable bonds is 19. The lowest BCUT2D eigenvalue weighted by Gasteiger charge is -2.10. The van der Waals surface area contributed by atoms with E-state index in [2.05, 4.69) is 24.0 Å². The molecule has 1 unspecified atom stereocenters. The minimum absolute atomic E-state index is 0.114. The molecule has 2 N–H and O–H groups in total. The van der Waals surface area contributed by atoms with Gasteiger partial charge in [-0.05, 0) is 32.1 Å². The van der Waals surface area contributed by atoms with Gasteiger partial charge in [-0.15, -0.1) is 0 Å². The van der Waals surface area contributed by atoms with Crippen LogP contribution in [0.15, 0.2) is 12.2 Å². The standard InChI is InChI=1S/C21H40O5/c1-2-3-4-5-6-7-8-9-10-11-12-13-14-15-16-17-21(23)25-19-20(18-22)26-24/h9-10,20,22,24H,2-8,11-19H2,1H3/b10-9-. The molecule has 1 atom stereocenters. The van der Waals surface area contributed by atoms with Gasteiger partial charge in [-0.3, -0.25) is 10.1 Å². The first-order chi connectivity index (χ1) is 12.7. The molecule has 0 bridgehead atoms. The monoisotopic (exact) mass is 372 g/mol. The van der Waals surface area contributed by atoms with Crippen molar-refractivity contribution in [3.8, 4) is 0 Å². The first kappa shape index (κ1) is 25.1. The van der Waals surface area contributed by atoms with Crippen LogP contribution in [-0.4, -0.2) is 35.7 Å². The van der Waals surface area contributed by atoms with Gasteiger partial charge in [0.2, 0.25) is 0 Å². The molecule has 0 radical (unpaired) electrons. The number of allylic oxidation sites excluding steroid dienone is 2. The average Bonchev–Trinajstić information content (AvgIpc) is 2.65. The van der Waals surface area contributed by atoms with Gasteiger partial charge in [0, 0.05) is 6.42 Å². The van der Waals surface area contributed by atoms with E-state index >= 15 is 0 Å². The van der Waals surface area contributed by atoms with Gasteiger partial charge < -0.3 is 9.84 Å². The van der Waals surface area contributed by atoms with Crippen LogP contribution in [0.1, 0.15) is 96.8 Å². The number of aliphatic hydroxyl groups excluding tert-OH is 1. The van der Waals surface area contributed by atoms with E-state index in [0.29, 0.717) is 6.42 Å². The van der Waals surface area contributed by atoms with Crippen LogP contribution in [0.2, 0.25) is 0 Å². The molecule has 26 heavy (non-hydrogen) atoms. The first-order valence-corrected chi connectivity index (χ1v) is 10.5. The van der Waals surface area contributed by atoms with Crippen molar-refractivity contribution in [1.29, 1.82) is 0 Å². The third-order valence-electron chi connectivity index (χ3n) is 4.43. The van der Waals surface area contributed by atoms with Gasteiger partial charge >= 0.3 is 5.97 Å². The second-order valence-corrected chi connectivity index (χ2v) is 6.93. The number of esters is 1. The summed E-state index contributed by atoms with van der Waals surface area (Å²) in [7, 11) is 0. The van der Waals surface area contributed by atoms with E-state index in [1.807, 2.05) is 0 Å². The lowest BCUT2D eigenvalue weighted by atomic mass is 10.1. The summed E-state index contributed by atoms with van der Waals surface area (Å²) in [4.78, 5) is 15.4. The van der Waals surface area contributed by atoms with Crippen LogP contribution in [0.5, 0.6) is 0 Å². The highest BCUT2D eigenvalue weighted by Crippen LogP contribution is 2.10. The Morgan fingerprint density at radius 3 is 1.96 bits per heavy atom. The molecule has 0 aliphatic carbocycles. The number of aliphatic hydroxyl groups is 1. The summed E-state index contributed by atoms with van der Waals surface area (Å²) in [5.41, 5.74) is 0. The molecule has 0 heterocycles. The third kappa shape index (κ3) is 17.9. The Morgan fingerprint density at radius 1 is 0.885 bits per heavy atom. The summed E-state index contributed by atoms with van der Waals surface area (Å²) in [6.07, 6.45) is 20.1. The molecule has 5 heteroatoms.